The minimum absolute atomic E-state index is 0.187. The van der Waals surface area contributed by atoms with Crippen LogP contribution < -0.4 is 10.1 Å². The third-order valence-corrected chi connectivity index (χ3v) is 5.48. The Bertz CT molecular complexity index is 914. The number of benzene rings is 3. The third kappa shape index (κ3) is 5.33. The molecule has 3 rings (SSSR count). The highest BCUT2D eigenvalue weighted by atomic mass is 35.5. The fraction of sp³-hybridized carbons (Fsp3) is 0.182. The first-order valence-electron chi connectivity index (χ1n) is 8.75. The molecule has 0 bridgehead atoms. The van der Waals surface area contributed by atoms with Crippen molar-refractivity contribution < 1.29 is 9.84 Å². The molecule has 2 atom stereocenters. The highest BCUT2D eigenvalue weighted by molar-refractivity contribution is 6.42. The van der Waals surface area contributed by atoms with Gasteiger partial charge in [-0.2, -0.15) is 0 Å². The molecule has 3 aromatic carbocycles. The van der Waals surface area contributed by atoms with Crippen LogP contribution in [0.15, 0.2) is 66.7 Å². The molecular formula is C22H20Cl3NO2. The zero-order valence-electron chi connectivity index (χ0n) is 15.2. The summed E-state index contributed by atoms with van der Waals surface area (Å²) in [6, 6.07) is 20.1. The fourth-order valence-corrected chi connectivity index (χ4v) is 3.37. The zero-order valence-corrected chi connectivity index (χ0v) is 17.5. The van der Waals surface area contributed by atoms with Gasteiger partial charge in [-0.05, 0) is 59.7 Å². The molecule has 3 nitrogen and oxygen atoms in total. The number of hydrogen-bond donors (Lipinski definition) is 2. The summed E-state index contributed by atoms with van der Waals surface area (Å²) < 4.78 is 5.18. The molecule has 146 valence electrons. The predicted octanol–water partition coefficient (Wildman–Crippen LogP) is 6.93. The van der Waals surface area contributed by atoms with Crippen LogP contribution in [0, 0.1) is 0 Å². The molecule has 0 amide bonds. The van der Waals surface area contributed by atoms with Gasteiger partial charge in [-0.1, -0.05) is 53.0 Å². The van der Waals surface area contributed by atoms with Crippen LogP contribution in [0.2, 0.25) is 15.1 Å². The van der Waals surface area contributed by atoms with Crippen molar-refractivity contribution in [2.75, 3.05) is 12.4 Å². The first-order chi connectivity index (χ1) is 13.5. The second-order valence-electron chi connectivity index (χ2n) is 6.40. The van der Waals surface area contributed by atoms with Gasteiger partial charge < -0.3 is 15.2 Å². The molecule has 0 aliphatic heterocycles. The average molecular weight is 437 g/mol. The van der Waals surface area contributed by atoms with Crippen LogP contribution in [-0.2, 0) is 0 Å². The molecule has 0 aliphatic carbocycles. The van der Waals surface area contributed by atoms with E-state index in [0.717, 1.165) is 22.6 Å². The first kappa shape index (κ1) is 20.8. The van der Waals surface area contributed by atoms with Crippen LogP contribution in [0.25, 0.3) is 0 Å². The topological polar surface area (TPSA) is 41.5 Å². The molecule has 0 aliphatic rings. The van der Waals surface area contributed by atoms with Crippen LogP contribution in [0.5, 0.6) is 5.75 Å². The van der Waals surface area contributed by atoms with Crippen molar-refractivity contribution >= 4 is 40.5 Å². The second kappa shape index (κ2) is 9.53. The Hall–Kier alpha value is -1.91. The Morgan fingerprint density at radius 3 is 2.11 bits per heavy atom. The van der Waals surface area contributed by atoms with Gasteiger partial charge in [-0.15, -0.1) is 0 Å². The standard InChI is InChI=1S/C22H20Cl3NO2/c1-28-18-9-2-14(3-10-18)22(27)13-21(15-4-11-19(24)20(25)12-15)26-17-7-5-16(23)6-8-17/h2-12,21-22,26-27H,13H2,1H3. The molecule has 0 saturated carbocycles. The Kier molecular flexibility index (Phi) is 7.08. The third-order valence-electron chi connectivity index (χ3n) is 4.49. The fourth-order valence-electron chi connectivity index (χ4n) is 2.94. The number of aliphatic hydroxyl groups is 1. The zero-order chi connectivity index (χ0) is 20.1. The summed E-state index contributed by atoms with van der Waals surface area (Å²) in [5.41, 5.74) is 2.63. The highest BCUT2D eigenvalue weighted by Crippen LogP contribution is 2.33. The monoisotopic (exact) mass is 435 g/mol. The molecule has 0 saturated heterocycles. The lowest BCUT2D eigenvalue weighted by Crippen LogP contribution is -2.15. The smallest absolute Gasteiger partial charge is 0.118 e. The van der Waals surface area contributed by atoms with Gasteiger partial charge in [-0.25, -0.2) is 0 Å². The lowest BCUT2D eigenvalue weighted by atomic mass is 9.96. The van der Waals surface area contributed by atoms with E-state index < -0.39 is 6.10 Å². The van der Waals surface area contributed by atoms with E-state index in [4.69, 9.17) is 39.5 Å². The Balaban J connectivity index is 1.85. The molecule has 0 spiro atoms. The van der Waals surface area contributed by atoms with Gasteiger partial charge in [0.2, 0.25) is 0 Å². The van der Waals surface area contributed by atoms with E-state index in [2.05, 4.69) is 5.32 Å². The van der Waals surface area contributed by atoms with Crippen molar-refractivity contribution in [3.8, 4) is 5.75 Å². The number of ether oxygens (including phenoxy) is 1. The lowest BCUT2D eigenvalue weighted by molar-refractivity contribution is 0.160. The van der Waals surface area contributed by atoms with E-state index in [1.807, 2.05) is 60.7 Å². The molecule has 0 radical (unpaired) electrons. The molecule has 28 heavy (non-hydrogen) atoms. The molecule has 0 heterocycles. The lowest BCUT2D eigenvalue weighted by Gasteiger charge is -2.24. The summed E-state index contributed by atoms with van der Waals surface area (Å²) in [6.07, 6.45) is -0.238. The number of methoxy groups -OCH3 is 1. The summed E-state index contributed by atoms with van der Waals surface area (Å²) in [7, 11) is 1.61. The SMILES string of the molecule is COc1ccc(C(O)CC(Nc2ccc(Cl)cc2)c2ccc(Cl)c(Cl)c2)cc1. The van der Waals surface area contributed by atoms with E-state index in [0.29, 0.717) is 21.5 Å². The maximum absolute atomic E-state index is 10.8. The number of nitrogens with one attached hydrogen (secondary N) is 1. The maximum atomic E-state index is 10.8. The number of rotatable bonds is 7. The minimum atomic E-state index is -0.676. The van der Waals surface area contributed by atoms with Gasteiger partial charge in [0.15, 0.2) is 0 Å². The molecule has 2 unspecified atom stereocenters. The number of aliphatic hydroxyl groups excluding tert-OH is 1. The molecule has 0 aromatic heterocycles. The van der Waals surface area contributed by atoms with Gasteiger partial charge in [0.25, 0.3) is 0 Å². The van der Waals surface area contributed by atoms with Crippen LogP contribution in [0.3, 0.4) is 0 Å². The number of anilines is 1. The molecular weight excluding hydrogens is 417 g/mol. The molecule has 6 heteroatoms. The van der Waals surface area contributed by atoms with Crippen LogP contribution in [-0.4, -0.2) is 12.2 Å². The predicted molar refractivity (Wildman–Crippen MR) is 117 cm³/mol. The number of halogens is 3. The van der Waals surface area contributed by atoms with Crippen molar-refractivity contribution in [3.05, 3.63) is 92.9 Å². The van der Waals surface area contributed by atoms with Crippen LogP contribution in [0.4, 0.5) is 5.69 Å². The maximum Gasteiger partial charge on any atom is 0.118 e. The Morgan fingerprint density at radius 1 is 0.857 bits per heavy atom. The quantitative estimate of drug-likeness (QED) is 0.422. The molecule has 3 aromatic rings. The van der Waals surface area contributed by atoms with E-state index in [-0.39, 0.29) is 6.04 Å². The summed E-state index contributed by atoms with van der Waals surface area (Å²) in [4.78, 5) is 0. The van der Waals surface area contributed by atoms with Gasteiger partial charge in [-0.3, -0.25) is 0 Å². The Morgan fingerprint density at radius 2 is 1.50 bits per heavy atom. The van der Waals surface area contributed by atoms with Gasteiger partial charge in [0.1, 0.15) is 5.75 Å². The summed E-state index contributed by atoms with van der Waals surface area (Å²) in [5.74, 6) is 0.747. The summed E-state index contributed by atoms with van der Waals surface area (Å²) in [5, 5.41) is 15.9. The number of hydrogen-bond acceptors (Lipinski definition) is 3. The van der Waals surface area contributed by atoms with Gasteiger partial charge in [0, 0.05) is 17.1 Å². The van der Waals surface area contributed by atoms with Gasteiger partial charge in [0.05, 0.1) is 29.3 Å². The van der Waals surface area contributed by atoms with Crippen molar-refractivity contribution in [2.45, 2.75) is 18.6 Å². The van der Waals surface area contributed by atoms with Crippen molar-refractivity contribution in [1.29, 1.82) is 0 Å². The normalized spacial score (nSPS) is 13.0. The summed E-state index contributed by atoms with van der Waals surface area (Å²) in [6.45, 7) is 0. The average Bonchev–Trinajstić information content (AvgIpc) is 2.71. The largest absolute Gasteiger partial charge is 0.497 e. The van der Waals surface area contributed by atoms with E-state index in [1.165, 1.54) is 0 Å². The second-order valence-corrected chi connectivity index (χ2v) is 7.65. The van der Waals surface area contributed by atoms with Crippen molar-refractivity contribution in [2.24, 2.45) is 0 Å². The molecule has 0 fully saturated rings. The van der Waals surface area contributed by atoms with E-state index >= 15 is 0 Å². The Labute approximate surface area is 179 Å². The van der Waals surface area contributed by atoms with E-state index in [9.17, 15) is 5.11 Å². The van der Waals surface area contributed by atoms with Gasteiger partial charge >= 0.3 is 0 Å². The highest BCUT2D eigenvalue weighted by Gasteiger charge is 2.19. The molecule has 2 N–H and O–H groups in total. The minimum Gasteiger partial charge on any atom is -0.497 e. The van der Waals surface area contributed by atoms with Crippen LogP contribution in [0.1, 0.15) is 29.7 Å². The van der Waals surface area contributed by atoms with Crippen molar-refractivity contribution in [1.82, 2.24) is 0 Å². The van der Waals surface area contributed by atoms with Crippen molar-refractivity contribution in [3.63, 3.8) is 0 Å². The van der Waals surface area contributed by atoms with E-state index in [1.54, 1.807) is 13.2 Å². The summed E-state index contributed by atoms with van der Waals surface area (Å²) >= 11 is 18.3. The van der Waals surface area contributed by atoms with Crippen LogP contribution >= 0.6 is 34.8 Å². The first-order valence-corrected chi connectivity index (χ1v) is 9.88.